The second-order valence-corrected chi connectivity index (χ2v) is 11.6. The molecular formula is C25H26ClFN2O5S2. The average molecular weight is 553 g/mol. The number of fused-ring (bicyclic) bond motifs is 1. The molecule has 1 aliphatic rings. The summed E-state index contributed by atoms with van der Waals surface area (Å²) in [5.41, 5.74) is 0.930. The zero-order chi connectivity index (χ0) is 25.7. The lowest BCUT2D eigenvalue weighted by atomic mass is 10.0. The van der Waals surface area contributed by atoms with Crippen molar-refractivity contribution in [2.24, 2.45) is 0 Å². The molecule has 1 aliphatic heterocycles. The lowest BCUT2D eigenvalue weighted by Gasteiger charge is -2.37. The summed E-state index contributed by atoms with van der Waals surface area (Å²) in [5, 5.41) is 2.36. The van der Waals surface area contributed by atoms with Crippen molar-refractivity contribution in [3.63, 3.8) is 0 Å². The van der Waals surface area contributed by atoms with E-state index in [1.165, 1.54) is 43.5 Å². The van der Waals surface area contributed by atoms with Crippen LogP contribution in [-0.4, -0.2) is 63.5 Å². The lowest BCUT2D eigenvalue weighted by Crippen LogP contribution is -2.48. The highest BCUT2D eigenvalue weighted by Crippen LogP contribution is 2.34. The quantitative estimate of drug-likeness (QED) is 0.373. The molecule has 0 fully saturated rings. The molecule has 2 heterocycles. The van der Waals surface area contributed by atoms with Crippen LogP contribution >= 0.6 is 22.9 Å². The summed E-state index contributed by atoms with van der Waals surface area (Å²) in [6, 6.07) is 13.3. The van der Waals surface area contributed by atoms with Gasteiger partial charge in [0.25, 0.3) is 0 Å². The minimum absolute atomic E-state index is 0.00113. The molecule has 0 unspecified atom stereocenters. The fourth-order valence-corrected chi connectivity index (χ4v) is 6.51. The van der Waals surface area contributed by atoms with Gasteiger partial charge < -0.3 is 14.4 Å². The molecule has 0 radical (unpaired) electrons. The number of ether oxygens (including phenoxy) is 2. The van der Waals surface area contributed by atoms with Crippen LogP contribution in [-0.2, 0) is 26.0 Å². The van der Waals surface area contributed by atoms with E-state index in [-0.39, 0.29) is 42.9 Å². The van der Waals surface area contributed by atoms with Crippen molar-refractivity contribution < 1.29 is 27.1 Å². The van der Waals surface area contributed by atoms with Crippen LogP contribution < -0.4 is 4.74 Å². The van der Waals surface area contributed by atoms with Gasteiger partial charge in [0.05, 0.1) is 24.1 Å². The Kier molecular flexibility index (Phi) is 8.63. The van der Waals surface area contributed by atoms with E-state index in [1.54, 1.807) is 28.4 Å². The number of thiophene rings is 1. The topological polar surface area (TPSA) is 76.2 Å². The molecule has 0 spiro atoms. The molecule has 0 bridgehead atoms. The van der Waals surface area contributed by atoms with Crippen molar-refractivity contribution in [1.29, 1.82) is 0 Å². The van der Waals surface area contributed by atoms with E-state index in [4.69, 9.17) is 21.1 Å². The van der Waals surface area contributed by atoms with E-state index < -0.39 is 21.9 Å². The summed E-state index contributed by atoms with van der Waals surface area (Å²) in [6.07, 6.45) is 0.650. The second-order valence-electron chi connectivity index (χ2n) is 8.18. The molecule has 0 N–H and O–H groups in total. The molecule has 7 nitrogen and oxygen atoms in total. The van der Waals surface area contributed by atoms with Crippen molar-refractivity contribution >= 4 is 38.9 Å². The summed E-state index contributed by atoms with van der Waals surface area (Å²) in [6.45, 7) is 0.189. The minimum atomic E-state index is -3.98. The summed E-state index contributed by atoms with van der Waals surface area (Å²) in [5.74, 6) is -0.765. The largest absolute Gasteiger partial charge is 0.488 e. The summed E-state index contributed by atoms with van der Waals surface area (Å²) >= 11 is 7.51. The number of amides is 1. The van der Waals surface area contributed by atoms with Crippen molar-refractivity contribution in [2.45, 2.75) is 17.4 Å². The van der Waals surface area contributed by atoms with E-state index >= 15 is 0 Å². The van der Waals surface area contributed by atoms with Gasteiger partial charge >= 0.3 is 0 Å². The van der Waals surface area contributed by atoms with Crippen molar-refractivity contribution in [1.82, 2.24) is 9.21 Å². The SMILES string of the molecule is COCCN(CC(=O)N1CCc2sccc2[C@H]1COc1ccccc1F)S(=O)(=O)c1ccc(Cl)cc1. The molecule has 1 amide bonds. The molecule has 192 valence electrons. The van der Waals surface area contributed by atoms with E-state index in [1.807, 2.05) is 11.4 Å². The highest BCUT2D eigenvalue weighted by atomic mass is 35.5. The Hall–Kier alpha value is -2.50. The molecule has 1 atom stereocenters. The van der Waals surface area contributed by atoms with E-state index in [0.717, 1.165) is 14.7 Å². The van der Waals surface area contributed by atoms with Gasteiger partial charge in [-0.2, -0.15) is 4.31 Å². The molecule has 1 aromatic heterocycles. The number of hydrogen-bond donors (Lipinski definition) is 0. The molecule has 11 heteroatoms. The normalized spacial score (nSPS) is 15.7. The maximum absolute atomic E-state index is 14.1. The highest BCUT2D eigenvalue weighted by molar-refractivity contribution is 7.89. The van der Waals surface area contributed by atoms with Crippen LogP contribution in [0.1, 0.15) is 16.5 Å². The van der Waals surface area contributed by atoms with Gasteiger partial charge in [0.2, 0.25) is 15.9 Å². The predicted octanol–water partition coefficient (Wildman–Crippen LogP) is 4.38. The van der Waals surface area contributed by atoms with Crippen LogP contribution in [0.3, 0.4) is 0 Å². The fourth-order valence-electron chi connectivity index (χ4n) is 4.08. The molecule has 0 saturated carbocycles. The van der Waals surface area contributed by atoms with Gasteiger partial charge in [0.1, 0.15) is 6.61 Å². The number of carbonyl (C=O) groups is 1. The minimum Gasteiger partial charge on any atom is -0.488 e. The van der Waals surface area contributed by atoms with Gasteiger partial charge in [0.15, 0.2) is 11.6 Å². The van der Waals surface area contributed by atoms with Crippen LogP contribution in [0.5, 0.6) is 5.75 Å². The number of hydrogen-bond acceptors (Lipinski definition) is 6. The van der Waals surface area contributed by atoms with Gasteiger partial charge in [0, 0.05) is 30.1 Å². The van der Waals surface area contributed by atoms with Crippen LogP contribution in [0.25, 0.3) is 0 Å². The number of carbonyl (C=O) groups excluding carboxylic acids is 1. The predicted molar refractivity (Wildman–Crippen MR) is 136 cm³/mol. The molecule has 3 aromatic rings. The van der Waals surface area contributed by atoms with Crippen LogP contribution in [0.15, 0.2) is 64.9 Å². The van der Waals surface area contributed by atoms with Gasteiger partial charge in [-0.15, -0.1) is 11.3 Å². The molecule has 36 heavy (non-hydrogen) atoms. The van der Waals surface area contributed by atoms with Gasteiger partial charge in [-0.05, 0) is 59.8 Å². The van der Waals surface area contributed by atoms with Crippen molar-refractivity contribution in [3.8, 4) is 5.75 Å². The van der Waals surface area contributed by atoms with Gasteiger partial charge in [-0.25, -0.2) is 12.8 Å². The number of methoxy groups -OCH3 is 1. The number of benzene rings is 2. The molecule has 0 saturated heterocycles. The van der Waals surface area contributed by atoms with Crippen LogP contribution in [0.2, 0.25) is 5.02 Å². The highest BCUT2D eigenvalue weighted by Gasteiger charge is 2.35. The summed E-state index contributed by atoms with van der Waals surface area (Å²) in [4.78, 5) is 16.3. The van der Waals surface area contributed by atoms with Crippen LogP contribution in [0, 0.1) is 5.82 Å². The number of nitrogens with zero attached hydrogens (tertiary/aromatic N) is 2. The third-order valence-electron chi connectivity index (χ3n) is 5.96. The first-order valence-corrected chi connectivity index (χ1v) is 14.0. The van der Waals surface area contributed by atoms with Crippen LogP contribution in [0.4, 0.5) is 4.39 Å². The molecular weight excluding hydrogens is 527 g/mol. The lowest BCUT2D eigenvalue weighted by molar-refractivity contribution is -0.135. The van der Waals surface area contributed by atoms with E-state index in [9.17, 15) is 17.6 Å². The maximum atomic E-state index is 14.1. The van der Waals surface area contributed by atoms with Gasteiger partial charge in [-0.1, -0.05) is 23.7 Å². The Bertz CT molecular complexity index is 1300. The third-order valence-corrected chi connectivity index (χ3v) is 9.06. The Balaban J connectivity index is 1.57. The Morgan fingerprint density at radius 3 is 2.67 bits per heavy atom. The first kappa shape index (κ1) is 26.6. The summed E-state index contributed by atoms with van der Waals surface area (Å²) in [7, 11) is -2.52. The second kappa shape index (κ2) is 11.7. The van der Waals surface area contributed by atoms with Crippen molar-refractivity contribution in [3.05, 3.63) is 81.3 Å². The summed E-state index contributed by atoms with van der Waals surface area (Å²) < 4.78 is 52.8. The monoisotopic (exact) mass is 552 g/mol. The Morgan fingerprint density at radius 1 is 1.19 bits per heavy atom. The average Bonchev–Trinajstić information content (AvgIpc) is 3.35. The standard InChI is InChI=1S/C25H26ClFN2O5S2/c1-33-14-13-28(36(31,32)19-8-6-18(26)7-9-19)16-25(30)29-12-10-24-20(11-15-35-24)22(29)17-34-23-5-3-2-4-21(23)27/h2-9,11,15,22H,10,12-14,16-17H2,1H3/t22-/m1/s1. The number of para-hydroxylation sites is 1. The number of rotatable bonds is 10. The number of halogens is 2. The van der Waals surface area contributed by atoms with Crippen molar-refractivity contribution in [2.75, 3.05) is 40.0 Å². The molecule has 0 aliphatic carbocycles. The zero-order valence-electron chi connectivity index (χ0n) is 19.6. The third kappa shape index (κ3) is 5.90. The maximum Gasteiger partial charge on any atom is 0.243 e. The zero-order valence-corrected chi connectivity index (χ0v) is 22.0. The first-order valence-electron chi connectivity index (χ1n) is 11.3. The fraction of sp³-hybridized carbons (Fsp3) is 0.320. The molecule has 4 rings (SSSR count). The van der Waals surface area contributed by atoms with Gasteiger partial charge in [-0.3, -0.25) is 4.79 Å². The van der Waals surface area contributed by atoms with E-state index in [2.05, 4.69) is 0 Å². The first-order chi connectivity index (χ1) is 17.3. The molecule has 2 aromatic carbocycles. The Labute approximate surface area is 219 Å². The Morgan fingerprint density at radius 2 is 1.94 bits per heavy atom. The van der Waals surface area contributed by atoms with E-state index in [0.29, 0.717) is 18.0 Å². The smallest absolute Gasteiger partial charge is 0.243 e. The number of sulfonamides is 1.